The molecule has 226 valence electrons. The Balaban J connectivity index is 1.49. The molecule has 5 aromatic rings. The van der Waals surface area contributed by atoms with Crippen molar-refractivity contribution in [3.05, 3.63) is 96.6 Å². The number of sulfonamides is 1. The number of rotatable bonds is 14. The molecule has 44 heavy (non-hydrogen) atoms. The summed E-state index contributed by atoms with van der Waals surface area (Å²) in [6.07, 6.45) is 6.58. The van der Waals surface area contributed by atoms with Crippen molar-refractivity contribution in [1.29, 1.82) is 0 Å². The summed E-state index contributed by atoms with van der Waals surface area (Å²) in [6, 6.07) is 18.0. The van der Waals surface area contributed by atoms with Crippen LogP contribution in [0.1, 0.15) is 11.1 Å². The number of ether oxygens (including phenoxy) is 4. The number of methoxy groups -OCH3 is 1. The van der Waals surface area contributed by atoms with Crippen LogP contribution in [0.15, 0.2) is 85.5 Å². The lowest BCUT2D eigenvalue weighted by Crippen LogP contribution is -2.20. The SMILES string of the molecule is COc1ccccc1Oc1c(NS(=O)(=O)CCc2ccccc2)nc(-c2ncccn2)nc1OCCOc1ncc(C)cn1. The van der Waals surface area contributed by atoms with Gasteiger partial charge in [0.25, 0.3) is 5.88 Å². The first-order chi connectivity index (χ1) is 21.4. The van der Waals surface area contributed by atoms with Crippen LogP contribution in [0, 0.1) is 6.92 Å². The summed E-state index contributed by atoms with van der Waals surface area (Å²) in [5, 5.41) is 0. The van der Waals surface area contributed by atoms with Gasteiger partial charge >= 0.3 is 6.01 Å². The highest BCUT2D eigenvalue weighted by Crippen LogP contribution is 2.41. The van der Waals surface area contributed by atoms with Gasteiger partial charge in [-0.25, -0.2) is 33.3 Å². The predicted octanol–water partition coefficient (Wildman–Crippen LogP) is 4.28. The highest BCUT2D eigenvalue weighted by atomic mass is 32.2. The molecular formula is C30H29N7O6S. The molecule has 2 aromatic carbocycles. The third-order valence-corrected chi connectivity index (χ3v) is 7.19. The molecule has 3 aromatic heterocycles. The van der Waals surface area contributed by atoms with Crippen molar-refractivity contribution in [2.75, 3.05) is 30.8 Å². The van der Waals surface area contributed by atoms with Crippen molar-refractivity contribution < 1.29 is 27.4 Å². The minimum atomic E-state index is -3.93. The first-order valence-corrected chi connectivity index (χ1v) is 15.1. The van der Waals surface area contributed by atoms with Gasteiger partial charge in [-0.3, -0.25) is 4.72 Å². The highest BCUT2D eigenvalue weighted by molar-refractivity contribution is 7.92. The number of para-hydroxylation sites is 2. The Kier molecular flexibility index (Phi) is 9.71. The maximum Gasteiger partial charge on any atom is 0.316 e. The molecule has 0 aliphatic heterocycles. The predicted molar refractivity (Wildman–Crippen MR) is 161 cm³/mol. The monoisotopic (exact) mass is 615 g/mol. The van der Waals surface area contributed by atoms with E-state index in [1.54, 1.807) is 42.7 Å². The van der Waals surface area contributed by atoms with Gasteiger partial charge in [0.15, 0.2) is 23.1 Å². The first kappa shape index (κ1) is 30.1. The number of anilines is 1. The van der Waals surface area contributed by atoms with Crippen LogP contribution in [0.4, 0.5) is 5.82 Å². The van der Waals surface area contributed by atoms with Gasteiger partial charge in [-0.2, -0.15) is 4.98 Å². The fourth-order valence-corrected chi connectivity index (χ4v) is 4.88. The van der Waals surface area contributed by atoms with Crippen molar-refractivity contribution in [3.8, 4) is 40.8 Å². The molecule has 0 saturated carbocycles. The molecule has 0 aliphatic rings. The van der Waals surface area contributed by atoms with Crippen molar-refractivity contribution in [2.45, 2.75) is 13.3 Å². The normalized spacial score (nSPS) is 11.0. The van der Waals surface area contributed by atoms with E-state index in [1.807, 2.05) is 37.3 Å². The van der Waals surface area contributed by atoms with Crippen molar-refractivity contribution in [3.63, 3.8) is 0 Å². The van der Waals surface area contributed by atoms with E-state index in [0.717, 1.165) is 11.1 Å². The van der Waals surface area contributed by atoms with Crippen molar-refractivity contribution in [1.82, 2.24) is 29.9 Å². The molecule has 0 spiro atoms. The number of benzene rings is 2. The molecule has 0 aliphatic carbocycles. The Hall–Kier alpha value is -5.37. The van der Waals surface area contributed by atoms with Gasteiger partial charge in [0.05, 0.1) is 12.9 Å². The van der Waals surface area contributed by atoms with Gasteiger partial charge in [-0.1, -0.05) is 42.5 Å². The van der Waals surface area contributed by atoms with Crippen molar-refractivity contribution >= 4 is 15.8 Å². The summed E-state index contributed by atoms with van der Waals surface area (Å²) < 4.78 is 52.4. The van der Waals surface area contributed by atoms with Crippen LogP contribution in [-0.4, -0.2) is 64.4 Å². The smallest absolute Gasteiger partial charge is 0.316 e. The van der Waals surface area contributed by atoms with Gasteiger partial charge < -0.3 is 18.9 Å². The molecule has 0 saturated heterocycles. The third kappa shape index (κ3) is 8.13. The Morgan fingerprint density at radius 1 is 0.773 bits per heavy atom. The number of hydrogen-bond donors (Lipinski definition) is 1. The zero-order chi connectivity index (χ0) is 30.8. The molecule has 13 nitrogen and oxygen atoms in total. The van der Waals surface area contributed by atoms with E-state index in [9.17, 15) is 8.42 Å². The van der Waals surface area contributed by atoms with E-state index in [4.69, 9.17) is 18.9 Å². The van der Waals surface area contributed by atoms with Crippen LogP contribution < -0.4 is 23.7 Å². The average Bonchev–Trinajstić information content (AvgIpc) is 3.05. The molecule has 0 fully saturated rings. The van der Waals surface area contributed by atoms with E-state index in [1.165, 1.54) is 19.5 Å². The van der Waals surface area contributed by atoms with Crippen LogP contribution >= 0.6 is 0 Å². The van der Waals surface area contributed by atoms with E-state index in [0.29, 0.717) is 5.75 Å². The molecule has 0 unspecified atom stereocenters. The third-order valence-electron chi connectivity index (χ3n) is 5.95. The lowest BCUT2D eigenvalue weighted by atomic mass is 10.2. The summed E-state index contributed by atoms with van der Waals surface area (Å²) in [6.45, 7) is 1.90. The molecule has 3 heterocycles. The summed E-state index contributed by atoms with van der Waals surface area (Å²) in [4.78, 5) is 25.6. The zero-order valence-electron chi connectivity index (χ0n) is 24.0. The van der Waals surface area contributed by atoms with E-state index in [2.05, 4.69) is 34.6 Å². The Bertz CT molecular complexity index is 1780. The summed E-state index contributed by atoms with van der Waals surface area (Å²) in [5.74, 6) is 0.276. The van der Waals surface area contributed by atoms with Gasteiger partial charge in [-0.15, -0.1) is 0 Å². The maximum absolute atomic E-state index is 13.3. The molecule has 5 rings (SSSR count). The molecule has 0 radical (unpaired) electrons. The number of hydrogen-bond acceptors (Lipinski definition) is 12. The van der Waals surface area contributed by atoms with Gasteiger partial charge in [-0.05, 0) is 42.7 Å². The minimum absolute atomic E-state index is 0.0107. The Morgan fingerprint density at radius 2 is 1.45 bits per heavy atom. The zero-order valence-corrected chi connectivity index (χ0v) is 24.8. The summed E-state index contributed by atoms with van der Waals surface area (Å²) >= 11 is 0. The fourth-order valence-electron chi connectivity index (χ4n) is 3.84. The molecule has 0 amide bonds. The van der Waals surface area contributed by atoms with Gasteiger partial charge in [0.2, 0.25) is 21.6 Å². The summed E-state index contributed by atoms with van der Waals surface area (Å²) in [7, 11) is -2.44. The first-order valence-electron chi connectivity index (χ1n) is 13.5. The van der Waals surface area contributed by atoms with Crippen LogP contribution in [-0.2, 0) is 16.4 Å². The van der Waals surface area contributed by atoms with Crippen LogP contribution in [0.2, 0.25) is 0 Å². The molecular weight excluding hydrogens is 586 g/mol. The Morgan fingerprint density at radius 3 is 2.18 bits per heavy atom. The molecule has 0 bridgehead atoms. The highest BCUT2D eigenvalue weighted by Gasteiger charge is 2.25. The van der Waals surface area contributed by atoms with E-state index >= 15 is 0 Å². The minimum Gasteiger partial charge on any atom is -0.493 e. The van der Waals surface area contributed by atoms with Crippen LogP contribution in [0.3, 0.4) is 0 Å². The average molecular weight is 616 g/mol. The van der Waals surface area contributed by atoms with E-state index in [-0.39, 0.29) is 66.2 Å². The molecule has 0 atom stereocenters. The van der Waals surface area contributed by atoms with Crippen LogP contribution in [0.5, 0.6) is 29.1 Å². The number of nitrogens with one attached hydrogen (secondary N) is 1. The molecule has 1 N–H and O–H groups in total. The number of aryl methyl sites for hydroxylation is 2. The summed E-state index contributed by atoms with van der Waals surface area (Å²) in [5.41, 5.74) is 1.76. The van der Waals surface area contributed by atoms with Crippen molar-refractivity contribution in [2.24, 2.45) is 0 Å². The lowest BCUT2D eigenvalue weighted by Gasteiger charge is -2.18. The topological polar surface area (TPSA) is 160 Å². The second kappa shape index (κ2) is 14.2. The largest absolute Gasteiger partial charge is 0.493 e. The molecule has 14 heteroatoms. The Labute approximate surface area is 254 Å². The number of nitrogens with zero attached hydrogens (tertiary/aromatic N) is 6. The standard InChI is InChI=1S/C30H29N7O6S/c1-21-19-33-30(34-20-21)42-17-16-41-29-25(43-24-12-7-6-11-23(24)40-2)26(35-28(36-29)27-31-14-8-15-32-27)37-44(38,39)18-13-22-9-4-3-5-10-22/h3-12,14-15,19-20H,13,16-18H2,1-2H3,(H,35,36,37). The van der Waals surface area contributed by atoms with Gasteiger partial charge in [0, 0.05) is 24.8 Å². The van der Waals surface area contributed by atoms with Gasteiger partial charge in [0.1, 0.15) is 13.2 Å². The van der Waals surface area contributed by atoms with E-state index < -0.39 is 10.0 Å². The quantitative estimate of drug-likeness (QED) is 0.177. The second-order valence-corrected chi connectivity index (χ2v) is 11.1. The van der Waals surface area contributed by atoms with Crippen LogP contribution in [0.25, 0.3) is 11.6 Å². The maximum atomic E-state index is 13.3. The fraction of sp³-hybridized carbons (Fsp3) is 0.200. The number of aromatic nitrogens is 6. The lowest BCUT2D eigenvalue weighted by molar-refractivity contribution is 0.197. The second-order valence-electron chi connectivity index (χ2n) is 9.25.